The fourth-order valence-corrected chi connectivity index (χ4v) is 7.87. The maximum Gasteiger partial charge on any atom is 0.264 e. The highest BCUT2D eigenvalue weighted by molar-refractivity contribution is 7.92. The quantitative estimate of drug-likeness (QED) is 0.438. The van der Waals surface area contributed by atoms with Gasteiger partial charge in [0.25, 0.3) is 10.0 Å². The zero-order valence-corrected chi connectivity index (χ0v) is 23.4. The minimum absolute atomic E-state index is 0.0279. The molecule has 2 fully saturated rings. The highest BCUT2D eigenvalue weighted by Gasteiger charge is 2.45. The van der Waals surface area contributed by atoms with Crippen LogP contribution < -0.4 is 13.8 Å². The van der Waals surface area contributed by atoms with Gasteiger partial charge < -0.3 is 14.6 Å². The highest BCUT2D eigenvalue weighted by atomic mass is 32.2. The van der Waals surface area contributed by atoms with E-state index in [1.165, 1.54) is 0 Å². The van der Waals surface area contributed by atoms with Gasteiger partial charge in [0.05, 0.1) is 24.8 Å². The SMILES string of the molecule is COc1ccc(S(=O)(=O)N(c2cccc(OC)c2)C2CCN(C3CCCCC3(O)c3cccnc3)CC2)cc1. The predicted molar refractivity (Wildman–Crippen MR) is 151 cm³/mol. The Morgan fingerprint density at radius 1 is 0.949 bits per heavy atom. The molecule has 2 aliphatic rings. The number of aliphatic hydroxyl groups is 1. The molecule has 2 aromatic carbocycles. The maximum atomic E-state index is 14.1. The van der Waals surface area contributed by atoms with Crippen LogP contribution in [0.2, 0.25) is 0 Å². The van der Waals surface area contributed by atoms with Crippen LogP contribution in [0.25, 0.3) is 0 Å². The lowest BCUT2D eigenvalue weighted by Gasteiger charge is -2.49. The number of pyridine rings is 1. The normalized spacial score (nSPS) is 22.8. The van der Waals surface area contributed by atoms with E-state index in [1.54, 1.807) is 61.3 Å². The Bertz CT molecular complexity index is 1340. The number of sulfonamides is 1. The number of likely N-dealkylation sites (tertiary alicyclic amines) is 1. The van der Waals surface area contributed by atoms with E-state index in [0.29, 0.717) is 49.5 Å². The van der Waals surface area contributed by atoms with E-state index in [-0.39, 0.29) is 17.0 Å². The fourth-order valence-electron chi connectivity index (χ4n) is 6.16. The Morgan fingerprint density at radius 2 is 1.69 bits per heavy atom. The van der Waals surface area contributed by atoms with E-state index in [9.17, 15) is 13.5 Å². The zero-order chi connectivity index (χ0) is 27.5. The van der Waals surface area contributed by atoms with E-state index < -0.39 is 15.6 Å². The molecule has 8 nitrogen and oxygen atoms in total. The van der Waals surface area contributed by atoms with Crippen molar-refractivity contribution in [2.75, 3.05) is 31.6 Å². The lowest BCUT2D eigenvalue weighted by molar-refractivity contribution is -0.0851. The molecule has 1 aliphatic heterocycles. The van der Waals surface area contributed by atoms with Crippen molar-refractivity contribution in [1.82, 2.24) is 9.88 Å². The van der Waals surface area contributed by atoms with Crippen LogP contribution in [0.15, 0.2) is 78.0 Å². The monoisotopic (exact) mass is 551 g/mol. The molecule has 2 heterocycles. The first-order chi connectivity index (χ1) is 18.9. The molecule has 1 saturated carbocycles. The van der Waals surface area contributed by atoms with Crippen LogP contribution in [0.1, 0.15) is 44.1 Å². The van der Waals surface area contributed by atoms with Gasteiger partial charge >= 0.3 is 0 Å². The number of aromatic nitrogens is 1. The van der Waals surface area contributed by atoms with E-state index in [2.05, 4.69) is 9.88 Å². The van der Waals surface area contributed by atoms with Crippen LogP contribution in [0.4, 0.5) is 5.69 Å². The number of piperidine rings is 1. The van der Waals surface area contributed by atoms with Crippen molar-refractivity contribution in [2.45, 2.75) is 61.1 Å². The Labute approximate surface area is 231 Å². The van der Waals surface area contributed by atoms with Crippen molar-refractivity contribution >= 4 is 15.7 Å². The van der Waals surface area contributed by atoms with Gasteiger partial charge in [-0.15, -0.1) is 0 Å². The van der Waals surface area contributed by atoms with Gasteiger partial charge in [0.2, 0.25) is 0 Å². The Kier molecular flexibility index (Phi) is 8.11. The molecule has 2 atom stereocenters. The molecule has 0 spiro atoms. The molecule has 9 heteroatoms. The lowest BCUT2D eigenvalue weighted by Crippen LogP contribution is -2.57. The first kappa shape index (κ1) is 27.4. The number of hydrogen-bond donors (Lipinski definition) is 1. The largest absolute Gasteiger partial charge is 0.497 e. The van der Waals surface area contributed by atoms with Crippen LogP contribution in [0.3, 0.4) is 0 Å². The second-order valence-electron chi connectivity index (χ2n) is 10.4. The van der Waals surface area contributed by atoms with Crippen molar-refractivity contribution in [3.63, 3.8) is 0 Å². The third-order valence-electron chi connectivity index (χ3n) is 8.19. The summed E-state index contributed by atoms with van der Waals surface area (Å²) in [7, 11) is -0.732. The van der Waals surface area contributed by atoms with Gasteiger partial charge in [-0.25, -0.2) is 8.42 Å². The summed E-state index contributed by atoms with van der Waals surface area (Å²) in [6, 6.07) is 17.3. The molecule has 2 unspecified atom stereocenters. The fraction of sp³-hybridized carbons (Fsp3) is 0.433. The summed E-state index contributed by atoms with van der Waals surface area (Å²) in [6.07, 6.45) is 8.43. The van der Waals surface area contributed by atoms with Crippen LogP contribution in [-0.2, 0) is 15.6 Å². The molecule has 39 heavy (non-hydrogen) atoms. The maximum absolute atomic E-state index is 14.1. The minimum Gasteiger partial charge on any atom is -0.497 e. The molecule has 1 saturated heterocycles. The molecule has 1 aliphatic carbocycles. The van der Waals surface area contributed by atoms with Gasteiger partial charge in [0.1, 0.15) is 17.1 Å². The van der Waals surface area contributed by atoms with Gasteiger partial charge in [0.15, 0.2) is 0 Å². The Balaban J connectivity index is 1.42. The number of nitrogens with zero attached hydrogens (tertiary/aromatic N) is 3. The average Bonchev–Trinajstić information content (AvgIpc) is 2.98. The van der Waals surface area contributed by atoms with Gasteiger partial charge in [-0.2, -0.15) is 0 Å². The van der Waals surface area contributed by atoms with Gasteiger partial charge in [-0.1, -0.05) is 25.0 Å². The summed E-state index contributed by atoms with van der Waals surface area (Å²) in [4.78, 5) is 6.83. The van der Waals surface area contributed by atoms with E-state index in [1.807, 2.05) is 30.3 Å². The number of benzene rings is 2. The summed E-state index contributed by atoms with van der Waals surface area (Å²) >= 11 is 0. The zero-order valence-electron chi connectivity index (χ0n) is 22.6. The third-order valence-corrected chi connectivity index (χ3v) is 10.1. The Hall–Kier alpha value is -3.14. The summed E-state index contributed by atoms with van der Waals surface area (Å²) in [5.41, 5.74) is 0.478. The number of anilines is 1. The highest BCUT2D eigenvalue weighted by Crippen LogP contribution is 2.41. The Morgan fingerprint density at radius 3 is 2.36 bits per heavy atom. The second-order valence-corrected chi connectivity index (χ2v) is 12.2. The molecule has 1 N–H and O–H groups in total. The molecule has 3 aromatic rings. The number of rotatable bonds is 8. The van der Waals surface area contributed by atoms with Crippen molar-refractivity contribution in [3.05, 3.63) is 78.6 Å². The summed E-state index contributed by atoms with van der Waals surface area (Å²) < 4.78 is 40.4. The van der Waals surface area contributed by atoms with Gasteiger partial charge in [-0.05, 0) is 68.1 Å². The summed E-state index contributed by atoms with van der Waals surface area (Å²) in [5, 5.41) is 11.9. The predicted octanol–water partition coefficient (Wildman–Crippen LogP) is 4.59. The third kappa shape index (κ3) is 5.48. The lowest BCUT2D eigenvalue weighted by atomic mass is 9.75. The molecule has 5 rings (SSSR count). The first-order valence-corrected chi connectivity index (χ1v) is 15.0. The molecular weight excluding hydrogens is 514 g/mol. The molecule has 208 valence electrons. The van der Waals surface area contributed by atoms with Crippen molar-refractivity contribution < 1.29 is 23.0 Å². The second kappa shape index (κ2) is 11.5. The van der Waals surface area contributed by atoms with Gasteiger partial charge in [-0.3, -0.25) is 14.2 Å². The van der Waals surface area contributed by atoms with Crippen molar-refractivity contribution in [1.29, 1.82) is 0 Å². The number of hydrogen-bond acceptors (Lipinski definition) is 7. The molecule has 1 aromatic heterocycles. The minimum atomic E-state index is -3.87. The summed E-state index contributed by atoms with van der Waals surface area (Å²) in [6.45, 7) is 1.38. The molecular formula is C30H37N3O5S. The van der Waals surface area contributed by atoms with E-state index >= 15 is 0 Å². The number of methoxy groups -OCH3 is 2. The topological polar surface area (TPSA) is 92.2 Å². The van der Waals surface area contributed by atoms with E-state index in [0.717, 1.165) is 24.8 Å². The smallest absolute Gasteiger partial charge is 0.264 e. The average molecular weight is 552 g/mol. The standard InChI is InChI=1S/C30H37N3O5S/c1-37-26-11-13-28(14-12-26)39(35,36)33(25-8-5-9-27(21-25)38-2)24-15-19-32(20-16-24)29-10-3-4-17-30(29,34)23-7-6-18-31-22-23/h5-9,11-14,18,21-22,24,29,34H,3-4,10,15-17,19-20H2,1-2H3. The summed E-state index contributed by atoms with van der Waals surface area (Å²) in [5.74, 6) is 1.20. The van der Waals surface area contributed by atoms with Crippen LogP contribution >= 0.6 is 0 Å². The number of ether oxygens (including phenoxy) is 2. The van der Waals surface area contributed by atoms with Gasteiger partial charge in [0, 0.05) is 49.2 Å². The molecule has 0 amide bonds. The molecule has 0 radical (unpaired) electrons. The molecule has 0 bridgehead atoms. The van der Waals surface area contributed by atoms with Crippen LogP contribution in [-0.4, -0.2) is 62.8 Å². The van der Waals surface area contributed by atoms with E-state index in [4.69, 9.17) is 9.47 Å². The van der Waals surface area contributed by atoms with Crippen molar-refractivity contribution in [2.24, 2.45) is 0 Å². The van der Waals surface area contributed by atoms with Crippen LogP contribution in [0.5, 0.6) is 11.5 Å². The van der Waals surface area contributed by atoms with Crippen LogP contribution in [0, 0.1) is 0 Å². The van der Waals surface area contributed by atoms with Crippen molar-refractivity contribution in [3.8, 4) is 11.5 Å². The first-order valence-electron chi connectivity index (χ1n) is 13.6.